The fourth-order valence-electron chi connectivity index (χ4n) is 4.16. The van der Waals surface area contributed by atoms with Crippen LogP contribution in [0.2, 0.25) is 0 Å². The molecule has 1 aliphatic heterocycles. The number of carbonyl (C=O) groups excluding carboxylic acids is 1. The first-order valence-electron chi connectivity index (χ1n) is 9.45. The number of aromatic amines is 1. The van der Waals surface area contributed by atoms with E-state index in [0.717, 1.165) is 39.0 Å². The van der Waals surface area contributed by atoms with Crippen molar-refractivity contribution in [1.82, 2.24) is 15.0 Å². The van der Waals surface area contributed by atoms with Gasteiger partial charge in [0.1, 0.15) is 5.76 Å². The van der Waals surface area contributed by atoms with E-state index in [0.29, 0.717) is 24.6 Å². The minimum Gasteiger partial charge on any atom is -0.384 e. The maximum Gasteiger partial charge on any atom is 0.280 e. The number of nitrogens with one attached hydrogen (secondary N) is 1. The summed E-state index contributed by atoms with van der Waals surface area (Å²) >= 11 is 0. The molecule has 0 bridgehead atoms. The van der Waals surface area contributed by atoms with Gasteiger partial charge in [-0.3, -0.25) is 14.5 Å². The second-order valence-electron chi connectivity index (χ2n) is 7.26. The summed E-state index contributed by atoms with van der Waals surface area (Å²) in [4.78, 5) is 27.9. The molecule has 0 radical (unpaired) electrons. The van der Waals surface area contributed by atoms with Crippen LogP contribution < -0.4 is 5.56 Å². The molecule has 1 saturated heterocycles. The Morgan fingerprint density at radius 2 is 1.92 bits per heavy atom. The lowest BCUT2D eigenvalue weighted by Gasteiger charge is -2.41. The first-order chi connectivity index (χ1) is 12.7. The number of rotatable bonds is 4. The van der Waals surface area contributed by atoms with E-state index >= 15 is 0 Å². The number of aromatic nitrogens is 1. The van der Waals surface area contributed by atoms with Crippen LogP contribution in [0.1, 0.15) is 29.7 Å². The number of piperazine rings is 1. The van der Waals surface area contributed by atoms with Crippen LogP contribution in [0.5, 0.6) is 0 Å². The van der Waals surface area contributed by atoms with E-state index in [1.807, 2.05) is 4.90 Å². The fourth-order valence-corrected chi connectivity index (χ4v) is 4.16. The highest BCUT2D eigenvalue weighted by molar-refractivity contribution is 5.76. The monoisotopic (exact) mass is 355 g/mol. The molecule has 0 saturated carbocycles. The second-order valence-corrected chi connectivity index (χ2v) is 7.26. The Balaban J connectivity index is 1.26. The molecule has 138 valence electrons. The first kappa shape index (κ1) is 17.1. The SMILES string of the molecule is O=C(CCc1cc(=O)[nH]o1)N1CCN([C@@H]2CCc3ccccc3C2)CC1. The molecule has 2 aliphatic rings. The van der Waals surface area contributed by atoms with Crippen molar-refractivity contribution in [3.63, 3.8) is 0 Å². The molecule has 2 aromatic rings. The number of fused-ring (bicyclic) bond motifs is 1. The standard InChI is InChI=1S/C20H25N3O3/c24-19-14-18(26-21-19)7-8-20(25)23-11-9-22(10-12-23)17-6-5-15-3-1-2-4-16(15)13-17/h1-4,14,17H,5-13H2,(H,21,24)/t17-/m1/s1. The summed E-state index contributed by atoms with van der Waals surface area (Å²) in [5.74, 6) is 0.686. The largest absolute Gasteiger partial charge is 0.384 e. The molecule has 6 nitrogen and oxygen atoms in total. The Morgan fingerprint density at radius 1 is 1.15 bits per heavy atom. The average Bonchev–Trinajstić information content (AvgIpc) is 3.11. The molecule has 1 N–H and O–H groups in total. The van der Waals surface area contributed by atoms with Gasteiger partial charge in [-0.25, -0.2) is 0 Å². The van der Waals surface area contributed by atoms with E-state index in [9.17, 15) is 9.59 Å². The van der Waals surface area contributed by atoms with Gasteiger partial charge >= 0.3 is 0 Å². The summed E-state index contributed by atoms with van der Waals surface area (Å²) in [5, 5.41) is 2.26. The Morgan fingerprint density at radius 3 is 2.65 bits per heavy atom. The third kappa shape index (κ3) is 3.75. The van der Waals surface area contributed by atoms with Crippen molar-refractivity contribution < 1.29 is 9.32 Å². The molecule has 1 fully saturated rings. The summed E-state index contributed by atoms with van der Waals surface area (Å²) < 4.78 is 5.01. The summed E-state index contributed by atoms with van der Waals surface area (Å²) in [6, 6.07) is 10.8. The minimum absolute atomic E-state index is 0.141. The zero-order valence-corrected chi connectivity index (χ0v) is 14.9. The molecule has 26 heavy (non-hydrogen) atoms. The minimum atomic E-state index is -0.255. The number of H-pyrrole nitrogens is 1. The van der Waals surface area contributed by atoms with Crippen molar-refractivity contribution in [3.05, 3.63) is 57.6 Å². The summed E-state index contributed by atoms with van der Waals surface area (Å²) in [6.07, 6.45) is 4.34. The van der Waals surface area contributed by atoms with Gasteiger partial charge in [0.25, 0.3) is 5.56 Å². The second kappa shape index (κ2) is 7.50. The van der Waals surface area contributed by atoms with E-state index in [1.54, 1.807) is 0 Å². The molecular formula is C20H25N3O3. The Labute approximate surface area is 152 Å². The van der Waals surface area contributed by atoms with Gasteiger partial charge in [-0.1, -0.05) is 24.3 Å². The highest BCUT2D eigenvalue weighted by Crippen LogP contribution is 2.25. The van der Waals surface area contributed by atoms with Crippen LogP contribution in [0.3, 0.4) is 0 Å². The third-order valence-electron chi connectivity index (χ3n) is 5.66. The number of carbonyl (C=O) groups is 1. The molecule has 1 aromatic carbocycles. The van der Waals surface area contributed by atoms with Crippen molar-refractivity contribution in [2.24, 2.45) is 0 Å². The lowest BCUT2D eigenvalue weighted by Crippen LogP contribution is -2.53. The molecular weight excluding hydrogens is 330 g/mol. The summed E-state index contributed by atoms with van der Waals surface area (Å²) in [5.41, 5.74) is 2.72. The van der Waals surface area contributed by atoms with Crippen LogP contribution in [0.15, 0.2) is 39.6 Å². The average molecular weight is 355 g/mol. The molecule has 1 atom stereocenters. The van der Waals surface area contributed by atoms with Crippen LogP contribution in [0.25, 0.3) is 0 Å². The van der Waals surface area contributed by atoms with E-state index in [-0.39, 0.29) is 11.5 Å². The lowest BCUT2D eigenvalue weighted by molar-refractivity contribution is -0.133. The maximum absolute atomic E-state index is 12.4. The zero-order chi connectivity index (χ0) is 17.9. The summed E-state index contributed by atoms with van der Waals surface area (Å²) in [7, 11) is 0. The van der Waals surface area contributed by atoms with Gasteiger partial charge in [0.05, 0.1) is 0 Å². The number of hydrogen-bond acceptors (Lipinski definition) is 4. The summed E-state index contributed by atoms with van der Waals surface area (Å²) in [6.45, 7) is 3.46. The lowest BCUT2D eigenvalue weighted by atomic mass is 9.87. The van der Waals surface area contributed by atoms with Crippen LogP contribution in [-0.2, 0) is 24.1 Å². The molecule has 1 aromatic heterocycles. The van der Waals surface area contributed by atoms with Gasteiger partial charge in [0.15, 0.2) is 0 Å². The van der Waals surface area contributed by atoms with Crippen LogP contribution >= 0.6 is 0 Å². The number of aryl methyl sites for hydroxylation is 2. The molecule has 0 unspecified atom stereocenters. The van der Waals surface area contributed by atoms with Gasteiger partial charge in [0.2, 0.25) is 5.91 Å². The van der Waals surface area contributed by atoms with E-state index in [2.05, 4.69) is 34.3 Å². The van der Waals surface area contributed by atoms with Crippen LogP contribution in [-0.4, -0.2) is 53.1 Å². The molecule has 0 spiro atoms. The number of benzene rings is 1. The van der Waals surface area contributed by atoms with Crippen molar-refractivity contribution in [2.45, 2.75) is 38.1 Å². The van der Waals surface area contributed by atoms with E-state index < -0.39 is 0 Å². The molecule has 4 rings (SSSR count). The maximum atomic E-state index is 12.4. The molecule has 6 heteroatoms. The third-order valence-corrected chi connectivity index (χ3v) is 5.66. The smallest absolute Gasteiger partial charge is 0.280 e. The van der Waals surface area contributed by atoms with Gasteiger partial charge in [-0.05, 0) is 30.4 Å². The van der Waals surface area contributed by atoms with Crippen molar-refractivity contribution in [1.29, 1.82) is 0 Å². The highest BCUT2D eigenvalue weighted by Gasteiger charge is 2.28. The topological polar surface area (TPSA) is 69.5 Å². The predicted octanol–water partition coefficient (Wildman–Crippen LogP) is 1.60. The van der Waals surface area contributed by atoms with Crippen LogP contribution in [0.4, 0.5) is 0 Å². The first-order valence-corrected chi connectivity index (χ1v) is 9.45. The highest BCUT2D eigenvalue weighted by atomic mass is 16.5. The van der Waals surface area contributed by atoms with Gasteiger partial charge < -0.3 is 9.42 Å². The predicted molar refractivity (Wildman–Crippen MR) is 98.1 cm³/mol. The van der Waals surface area contributed by atoms with Crippen molar-refractivity contribution in [2.75, 3.05) is 26.2 Å². The fraction of sp³-hybridized carbons (Fsp3) is 0.500. The molecule has 2 heterocycles. The van der Waals surface area contributed by atoms with Gasteiger partial charge in [-0.15, -0.1) is 0 Å². The number of amides is 1. The number of nitrogens with zero attached hydrogens (tertiary/aromatic N) is 2. The Bertz CT molecular complexity index is 817. The quantitative estimate of drug-likeness (QED) is 0.905. The van der Waals surface area contributed by atoms with Crippen LogP contribution in [0, 0.1) is 0 Å². The van der Waals surface area contributed by atoms with Gasteiger partial charge in [-0.2, -0.15) is 5.16 Å². The van der Waals surface area contributed by atoms with Crippen molar-refractivity contribution >= 4 is 5.91 Å². The van der Waals surface area contributed by atoms with Crippen molar-refractivity contribution in [3.8, 4) is 0 Å². The Hall–Kier alpha value is -2.34. The molecule has 1 amide bonds. The van der Waals surface area contributed by atoms with Gasteiger partial charge in [0, 0.05) is 51.1 Å². The Kier molecular flexibility index (Phi) is 4.93. The molecule has 1 aliphatic carbocycles. The normalized spacial score (nSPS) is 20.8. The van der Waals surface area contributed by atoms with E-state index in [4.69, 9.17) is 4.52 Å². The van der Waals surface area contributed by atoms with E-state index in [1.165, 1.54) is 23.6 Å². The number of hydrogen-bond donors (Lipinski definition) is 1. The zero-order valence-electron chi connectivity index (χ0n) is 14.9.